The lowest BCUT2D eigenvalue weighted by atomic mass is 9.97. The quantitative estimate of drug-likeness (QED) is 0.323. The van der Waals surface area contributed by atoms with Gasteiger partial charge in [0, 0.05) is 33.1 Å². The number of carbonyl (C=O) groups excluding carboxylic acids is 6. The van der Waals surface area contributed by atoms with Crippen molar-refractivity contribution in [3.63, 3.8) is 0 Å². The molecule has 0 aromatic heterocycles. The molecule has 51 heavy (non-hydrogen) atoms. The van der Waals surface area contributed by atoms with Gasteiger partial charge in [-0.2, -0.15) is 0 Å². The Morgan fingerprint density at radius 3 is 1.92 bits per heavy atom. The first kappa shape index (κ1) is 38.2. The van der Waals surface area contributed by atoms with Crippen LogP contribution in [0, 0.1) is 11.8 Å². The molecule has 0 saturated carbocycles. The van der Waals surface area contributed by atoms with Gasteiger partial charge in [-0.25, -0.2) is 15.9 Å². The molecule has 6 unspecified atom stereocenters. The summed E-state index contributed by atoms with van der Waals surface area (Å²) in [6.07, 6.45) is 2.94. The minimum Gasteiger partial charge on any atom is -0.342 e. The molecule has 6 amide bonds. The van der Waals surface area contributed by atoms with Gasteiger partial charge < -0.3 is 15.1 Å². The van der Waals surface area contributed by atoms with Crippen LogP contribution in [0.25, 0.3) is 0 Å². The number of hydrogen-bond acceptors (Lipinski definition) is 9. The lowest BCUT2D eigenvalue weighted by Crippen LogP contribution is -2.68. The Balaban J connectivity index is 1.60. The maximum absolute atomic E-state index is 14.5. The highest BCUT2D eigenvalue weighted by Gasteiger charge is 2.47. The van der Waals surface area contributed by atoms with Crippen molar-refractivity contribution < 1.29 is 34.0 Å². The van der Waals surface area contributed by atoms with Crippen molar-refractivity contribution >= 4 is 35.4 Å². The third kappa shape index (κ3) is 8.20. The number of amides is 6. The molecular weight excluding hydrogens is 656 g/mol. The summed E-state index contributed by atoms with van der Waals surface area (Å²) in [6.45, 7) is 8.24. The molecule has 15 nitrogen and oxygen atoms in total. The van der Waals surface area contributed by atoms with Crippen LogP contribution in [0.3, 0.4) is 0 Å². The second-order valence-corrected chi connectivity index (χ2v) is 15.0. The largest absolute Gasteiger partial charge is 0.342 e. The number of nitrogens with zero attached hydrogens (tertiary/aromatic N) is 5. The van der Waals surface area contributed by atoms with Gasteiger partial charge in [-0.05, 0) is 62.3 Å². The fraction of sp³-hybridized carbons (Fsp3) is 0.667. The first-order valence-corrected chi connectivity index (χ1v) is 18.4. The van der Waals surface area contributed by atoms with E-state index in [1.165, 1.54) is 19.8 Å². The molecule has 1 aromatic rings. The maximum Gasteiger partial charge on any atom is 0.269 e. The zero-order valence-electron chi connectivity index (χ0n) is 30.4. The maximum atomic E-state index is 14.5. The van der Waals surface area contributed by atoms with Crippen molar-refractivity contribution in [1.82, 2.24) is 41.0 Å². The Hall–Kier alpha value is -4.08. The zero-order valence-corrected chi connectivity index (χ0v) is 30.4. The van der Waals surface area contributed by atoms with Crippen LogP contribution < -0.4 is 16.2 Å². The molecule has 1 aromatic carbocycles. The van der Waals surface area contributed by atoms with Gasteiger partial charge in [-0.1, -0.05) is 58.0 Å². The van der Waals surface area contributed by atoms with E-state index in [1.54, 1.807) is 20.9 Å². The monoisotopic (exact) mass is 710 g/mol. The van der Waals surface area contributed by atoms with Crippen LogP contribution in [0.15, 0.2) is 30.3 Å². The third-order valence-electron chi connectivity index (χ3n) is 10.5. The highest BCUT2D eigenvalue weighted by molar-refractivity contribution is 5.98. The molecule has 0 aliphatic carbocycles. The van der Waals surface area contributed by atoms with Gasteiger partial charge in [0.05, 0.1) is 0 Å². The highest BCUT2D eigenvalue weighted by atomic mass is 16.5. The first-order chi connectivity index (χ1) is 24.3. The Labute approximate surface area is 299 Å². The standard InChI is InChI=1S/C36H54N8O7/c1-22(2)20-29-35(49)43-27(15-10-18-38-43)34(48)42-26(14-9-17-37-42)32(46)40(5)28(21-24-12-7-6-8-13-24)33(47)41-19-11-16-25(41)31(45)39-30(23(3)4)36(50)44(29)51/h6-8,12-13,22-23,25-30,37-38,51H,9-11,14-21H2,1-5H3,(H,39,45). The summed E-state index contributed by atoms with van der Waals surface area (Å²) in [4.78, 5) is 88.7. The number of carbonyl (C=O) groups is 6. The SMILES string of the molecule is CC(C)CC1C(=O)N2NCCCC2C(=O)N2NCCCC2C(=O)N(C)C(Cc2ccccc2)C(=O)N2CCCC2C(=O)NC(C(C)C)C(=O)N1O. The van der Waals surface area contributed by atoms with Crippen LogP contribution in [-0.2, 0) is 35.2 Å². The van der Waals surface area contributed by atoms with Gasteiger partial charge in [0.15, 0.2) is 0 Å². The molecule has 4 aliphatic rings. The van der Waals surface area contributed by atoms with Gasteiger partial charge in [-0.15, -0.1) is 0 Å². The van der Waals surface area contributed by atoms with E-state index in [2.05, 4.69) is 16.2 Å². The summed E-state index contributed by atoms with van der Waals surface area (Å²) in [7, 11) is 1.56. The van der Waals surface area contributed by atoms with Crippen LogP contribution in [0.5, 0.6) is 0 Å². The van der Waals surface area contributed by atoms with Gasteiger partial charge >= 0.3 is 0 Å². The van der Waals surface area contributed by atoms with Crippen molar-refractivity contribution in [2.45, 2.75) is 115 Å². The lowest BCUT2D eigenvalue weighted by Gasteiger charge is -2.44. The van der Waals surface area contributed by atoms with E-state index in [1.807, 2.05) is 44.2 Å². The summed E-state index contributed by atoms with van der Waals surface area (Å²) in [6, 6.07) is 2.82. The van der Waals surface area contributed by atoms with E-state index < -0.39 is 77.6 Å². The van der Waals surface area contributed by atoms with Gasteiger partial charge in [0.25, 0.3) is 17.7 Å². The minimum absolute atomic E-state index is 0.0838. The molecular formula is C36H54N8O7. The molecule has 15 heteroatoms. The number of likely N-dealkylation sites (N-methyl/N-ethyl adjacent to an activating group) is 1. The lowest BCUT2D eigenvalue weighted by molar-refractivity contribution is -0.191. The predicted octanol–water partition coefficient (Wildman–Crippen LogP) is 0.825. The third-order valence-corrected chi connectivity index (χ3v) is 10.5. The normalized spacial score (nSPS) is 29.2. The predicted molar refractivity (Wildman–Crippen MR) is 186 cm³/mol. The van der Waals surface area contributed by atoms with Crippen molar-refractivity contribution in [3.05, 3.63) is 35.9 Å². The van der Waals surface area contributed by atoms with E-state index in [0.29, 0.717) is 50.3 Å². The molecule has 4 heterocycles. The Morgan fingerprint density at radius 1 is 0.725 bits per heavy atom. The number of hydrazine groups is 2. The zero-order chi connectivity index (χ0) is 37.0. The number of rotatable bonds is 5. The average molecular weight is 711 g/mol. The van der Waals surface area contributed by atoms with Crippen molar-refractivity contribution in [2.24, 2.45) is 11.8 Å². The highest BCUT2D eigenvalue weighted by Crippen LogP contribution is 2.26. The van der Waals surface area contributed by atoms with Crippen molar-refractivity contribution in [1.29, 1.82) is 0 Å². The summed E-state index contributed by atoms with van der Waals surface area (Å²) in [5, 5.41) is 17.2. The average Bonchev–Trinajstić information content (AvgIpc) is 3.63. The minimum atomic E-state index is -1.36. The van der Waals surface area contributed by atoms with Crippen LogP contribution in [-0.4, -0.2) is 128 Å². The summed E-state index contributed by atoms with van der Waals surface area (Å²) in [5.41, 5.74) is 6.94. The summed E-state index contributed by atoms with van der Waals surface area (Å²) >= 11 is 0. The number of hydroxylamine groups is 2. The Kier molecular flexibility index (Phi) is 12.4. The number of fused-ring (bicyclic) bond motifs is 3. The molecule has 5 rings (SSSR count). The molecule has 6 atom stereocenters. The summed E-state index contributed by atoms with van der Waals surface area (Å²) in [5.74, 6) is -4.03. The fourth-order valence-corrected chi connectivity index (χ4v) is 7.64. The fourth-order valence-electron chi connectivity index (χ4n) is 7.64. The van der Waals surface area contributed by atoms with Crippen LogP contribution >= 0.6 is 0 Å². The van der Waals surface area contributed by atoms with E-state index in [-0.39, 0.29) is 31.7 Å². The molecule has 280 valence electrons. The number of nitrogens with one attached hydrogen (secondary N) is 3. The Bertz CT molecular complexity index is 1460. The van der Waals surface area contributed by atoms with Gasteiger partial charge in [0.2, 0.25) is 17.7 Å². The second kappa shape index (κ2) is 16.5. The topological polar surface area (TPSA) is 175 Å². The van der Waals surface area contributed by atoms with Gasteiger partial charge in [-0.3, -0.25) is 44.0 Å². The molecule has 4 saturated heterocycles. The Morgan fingerprint density at radius 2 is 1.31 bits per heavy atom. The van der Waals surface area contributed by atoms with Crippen LogP contribution in [0.4, 0.5) is 0 Å². The smallest absolute Gasteiger partial charge is 0.269 e. The van der Waals surface area contributed by atoms with Crippen LogP contribution in [0.1, 0.15) is 78.2 Å². The molecule has 4 aliphatic heterocycles. The van der Waals surface area contributed by atoms with Crippen LogP contribution in [0.2, 0.25) is 0 Å². The van der Waals surface area contributed by atoms with E-state index in [9.17, 15) is 34.0 Å². The number of hydrogen-bond donors (Lipinski definition) is 4. The van der Waals surface area contributed by atoms with Crippen molar-refractivity contribution in [3.8, 4) is 0 Å². The van der Waals surface area contributed by atoms with E-state index >= 15 is 0 Å². The molecule has 0 spiro atoms. The second-order valence-electron chi connectivity index (χ2n) is 15.0. The van der Waals surface area contributed by atoms with Crippen molar-refractivity contribution in [2.75, 3.05) is 26.7 Å². The molecule has 0 radical (unpaired) electrons. The van der Waals surface area contributed by atoms with E-state index in [0.717, 1.165) is 5.56 Å². The molecule has 4 fully saturated rings. The summed E-state index contributed by atoms with van der Waals surface area (Å²) < 4.78 is 0. The van der Waals surface area contributed by atoms with Gasteiger partial charge in [0.1, 0.15) is 36.3 Å². The molecule has 4 N–H and O–H groups in total. The molecule has 0 bridgehead atoms. The number of benzene rings is 1. The first-order valence-electron chi connectivity index (χ1n) is 18.4. The van der Waals surface area contributed by atoms with E-state index in [4.69, 9.17) is 0 Å².